The molecular formula is C14H25NO3. The summed E-state index contributed by atoms with van der Waals surface area (Å²) in [5.74, 6) is -0.953. The third kappa shape index (κ3) is 4.67. The van der Waals surface area contributed by atoms with Crippen LogP contribution in [0.1, 0.15) is 65.2 Å². The second-order valence-electron chi connectivity index (χ2n) is 5.21. The fraction of sp³-hybridized carbons (Fsp3) is 0.857. The summed E-state index contributed by atoms with van der Waals surface area (Å²) in [6.07, 6.45) is 8.02. The van der Waals surface area contributed by atoms with E-state index in [1.165, 1.54) is 19.8 Å². The summed E-state index contributed by atoms with van der Waals surface area (Å²) < 4.78 is 0. The molecule has 0 aromatic heterocycles. The zero-order valence-corrected chi connectivity index (χ0v) is 11.5. The third-order valence-corrected chi connectivity index (χ3v) is 3.51. The molecule has 4 nitrogen and oxygen atoms in total. The fourth-order valence-electron chi connectivity index (χ4n) is 2.41. The van der Waals surface area contributed by atoms with E-state index in [1.807, 2.05) is 0 Å². The second-order valence-corrected chi connectivity index (χ2v) is 5.21. The summed E-state index contributed by atoms with van der Waals surface area (Å²) in [5, 5.41) is 9.28. The molecule has 1 amide bonds. The summed E-state index contributed by atoms with van der Waals surface area (Å²) in [4.78, 5) is 24.5. The molecule has 0 heterocycles. The number of carboxylic acids is 1. The van der Waals surface area contributed by atoms with Gasteiger partial charge in [-0.15, -0.1) is 0 Å². The Morgan fingerprint density at radius 3 is 2.28 bits per heavy atom. The molecule has 1 fully saturated rings. The number of rotatable bonds is 9. The van der Waals surface area contributed by atoms with Gasteiger partial charge in [-0.2, -0.15) is 0 Å². The van der Waals surface area contributed by atoms with Gasteiger partial charge in [0.15, 0.2) is 0 Å². The molecule has 0 spiro atoms. The van der Waals surface area contributed by atoms with Gasteiger partial charge in [-0.1, -0.05) is 39.0 Å². The van der Waals surface area contributed by atoms with Crippen molar-refractivity contribution >= 4 is 11.9 Å². The minimum absolute atomic E-state index is 0.0986. The Morgan fingerprint density at radius 2 is 1.83 bits per heavy atom. The van der Waals surface area contributed by atoms with Crippen molar-refractivity contribution in [3.05, 3.63) is 0 Å². The van der Waals surface area contributed by atoms with E-state index in [-0.39, 0.29) is 11.9 Å². The molecule has 1 unspecified atom stereocenters. The molecule has 0 radical (unpaired) electrons. The predicted octanol–water partition coefficient (Wildman–Crippen LogP) is 2.81. The highest BCUT2D eigenvalue weighted by Gasteiger charge is 2.38. The number of aliphatic carboxylic acids is 1. The Morgan fingerprint density at radius 1 is 1.22 bits per heavy atom. The van der Waals surface area contributed by atoms with Crippen molar-refractivity contribution in [3.8, 4) is 0 Å². The highest BCUT2D eigenvalue weighted by atomic mass is 16.4. The average Bonchev–Trinajstić information content (AvgIpc) is 3.10. The van der Waals surface area contributed by atoms with Gasteiger partial charge in [-0.25, -0.2) is 4.79 Å². The van der Waals surface area contributed by atoms with Gasteiger partial charge in [0.05, 0.1) is 0 Å². The monoisotopic (exact) mass is 255 g/mol. The first-order chi connectivity index (χ1) is 8.57. The summed E-state index contributed by atoms with van der Waals surface area (Å²) in [6.45, 7) is 3.63. The normalized spacial score (nSPS) is 16.3. The van der Waals surface area contributed by atoms with Crippen LogP contribution < -0.4 is 0 Å². The van der Waals surface area contributed by atoms with Crippen LogP contribution >= 0.6 is 0 Å². The number of carbonyl (C=O) groups excluding carboxylic acids is 1. The van der Waals surface area contributed by atoms with E-state index < -0.39 is 12.0 Å². The van der Waals surface area contributed by atoms with Crippen molar-refractivity contribution in [2.45, 2.75) is 77.3 Å². The van der Waals surface area contributed by atoms with E-state index in [0.29, 0.717) is 6.42 Å². The first-order valence-electron chi connectivity index (χ1n) is 7.09. The molecule has 1 N–H and O–H groups in total. The molecule has 1 aliphatic carbocycles. The Kier molecular flexibility index (Phi) is 6.16. The van der Waals surface area contributed by atoms with Crippen LogP contribution in [0.5, 0.6) is 0 Å². The highest BCUT2D eigenvalue weighted by molar-refractivity contribution is 5.82. The van der Waals surface area contributed by atoms with E-state index in [2.05, 4.69) is 6.92 Å². The van der Waals surface area contributed by atoms with E-state index in [0.717, 1.165) is 32.1 Å². The molecule has 0 aromatic rings. The molecule has 1 atom stereocenters. The van der Waals surface area contributed by atoms with Crippen molar-refractivity contribution in [2.75, 3.05) is 0 Å². The molecular weight excluding hydrogens is 230 g/mol. The average molecular weight is 255 g/mol. The third-order valence-electron chi connectivity index (χ3n) is 3.51. The van der Waals surface area contributed by atoms with Crippen LogP contribution in [0.4, 0.5) is 0 Å². The van der Waals surface area contributed by atoms with Gasteiger partial charge in [0.25, 0.3) is 0 Å². The molecule has 0 bridgehead atoms. The fourth-order valence-corrected chi connectivity index (χ4v) is 2.41. The Hall–Kier alpha value is -1.06. The number of hydrogen-bond donors (Lipinski definition) is 1. The van der Waals surface area contributed by atoms with Crippen LogP contribution in [0, 0.1) is 0 Å². The topological polar surface area (TPSA) is 57.6 Å². The Balaban J connectivity index is 2.42. The zero-order valence-electron chi connectivity index (χ0n) is 11.5. The van der Waals surface area contributed by atoms with Gasteiger partial charge in [0.2, 0.25) is 5.91 Å². The number of nitrogens with zero attached hydrogens (tertiary/aromatic N) is 1. The molecule has 0 aromatic carbocycles. The molecule has 1 rings (SSSR count). The van der Waals surface area contributed by atoms with Gasteiger partial charge in [0, 0.05) is 13.0 Å². The predicted molar refractivity (Wildman–Crippen MR) is 70.3 cm³/mol. The first-order valence-corrected chi connectivity index (χ1v) is 7.09. The number of amides is 1. The van der Waals surface area contributed by atoms with Crippen LogP contribution in [0.3, 0.4) is 0 Å². The molecule has 4 heteroatoms. The van der Waals surface area contributed by atoms with Crippen LogP contribution in [0.25, 0.3) is 0 Å². The molecule has 1 aliphatic rings. The van der Waals surface area contributed by atoms with E-state index in [4.69, 9.17) is 0 Å². The lowest BCUT2D eigenvalue weighted by atomic mass is 10.0. The van der Waals surface area contributed by atoms with Crippen LogP contribution in [-0.2, 0) is 9.59 Å². The molecule has 0 aliphatic heterocycles. The summed E-state index contributed by atoms with van der Waals surface area (Å²) in [7, 11) is 0. The molecule has 104 valence electrons. The highest BCUT2D eigenvalue weighted by Crippen LogP contribution is 2.30. The van der Waals surface area contributed by atoms with E-state index in [9.17, 15) is 14.7 Å². The van der Waals surface area contributed by atoms with Crippen molar-refractivity contribution < 1.29 is 14.7 Å². The summed E-state index contributed by atoms with van der Waals surface area (Å²) in [5.41, 5.74) is 0. The van der Waals surface area contributed by atoms with E-state index in [1.54, 1.807) is 4.90 Å². The number of carbonyl (C=O) groups is 2. The maximum Gasteiger partial charge on any atom is 0.326 e. The van der Waals surface area contributed by atoms with Crippen molar-refractivity contribution in [2.24, 2.45) is 0 Å². The van der Waals surface area contributed by atoms with Crippen molar-refractivity contribution in [3.63, 3.8) is 0 Å². The summed E-state index contributed by atoms with van der Waals surface area (Å²) >= 11 is 0. The smallest absolute Gasteiger partial charge is 0.326 e. The van der Waals surface area contributed by atoms with Crippen LogP contribution in [-0.4, -0.2) is 34.0 Å². The lowest BCUT2D eigenvalue weighted by molar-refractivity contribution is -0.150. The molecule has 18 heavy (non-hydrogen) atoms. The Labute approximate surface area is 109 Å². The SMILES string of the molecule is CCCCCCCC(C(=O)O)N(C(C)=O)C1CC1. The molecule has 0 saturated heterocycles. The zero-order chi connectivity index (χ0) is 13.5. The largest absolute Gasteiger partial charge is 0.480 e. The van der Waals surface area contributed by atoms with Gasteiger partial charge < -0.3 is 10.0 Å². The maximum absolute atomic E-state index is 11.6. The van der Waals surface area contributed by atoms with Crippen LogP contribution in [0.15, 0.2) is 0 Å². The number of carboxylic acid groups (broad SMARTS) is 1. The lowest BCUT2D eigenvalue weighted by Crippen LogP contribution is -2.45. The maximum atomic E-state index is 11.6. The second kappa shape index (κ2) is 7.39. The van der Waals surface area contributed by atoms with Gasteiger partial charge in [0.1, 0.15) is 6.04 Å². The van der Waals surface area contributed by atoms with Gasteiger partial charge in [-0.05, 0) is 19.3 Å². The Bertz CT molecular complexity index is 287. The molecule has 1 saturated carbocycles. The van der Waals surface area contributed by atoms with Gasteiger partial charge >= 0.3 is 5.97 Å². The minimum Gasteiger partial charge on any atom is -0.480 e. The van der Waals surface area contributed by atoms with Crippen molar-refractivity contribution in [1.82, 2.24) is 4.90 Å². The van der Waals surface area contributed by atoms with Gasteiger partial charge in [-0.3, -0.25) is 4.79 Å². The van der Waals surface area contributed by atoms with Crippen LogP contribution in [0.2, 0.25) is 0 Å². The summed E-state index contributed by atoms with van der Waals surface area (Å²) in [6, 6.07) is -0.434. The number of hydrogen-bond acceptors (Lipinski definition) is 2. The lowest BCUT2D eigenvalue weighted by Gasteiger charge is -2.28. The minimum atomic E-state index is -0.854. The first kappa shape index (κ1) is 15.0. The quantitative estimate of drug-likeness (QED) is 0.644. The van der Waals surface area contributed by atoms with Crippen molar-refractivity contribution in [1.29, 1.82) is 0 Å². The van der Waals surface area contributed by atoms with E-state index >= 15 is 0 Å². The number of unbranched alkanes of at least 4 members (excludes halogenated alkanes) is 4. The standard InChI is InChI=1S/C14H25NO3/c1-3-4-5-6-7-8-13(14(17)18)15(11(2)16)12-9-10-12/h12-13H,3-10H2,1-2H3,(H,17,18).